The minimum atomic E-state index is -0.893. The number of halogens is 2. The van der Waals surface area contributed by atoms with Crippen molar-refractivity contribution in [3.63, 3.8) is 0 Å². The summed E-state index contributed by atoms with van der Waals surface area (Å²) in [6, 6.07) is 3.16. The Morgan fingerprint density at radius 2 is 1.79 bits per heavy atom. The van der Waals surface area contributed by atoms with Crippen LogP contribution in [-0.2, 0) is 4.74 Å². The van der Waals surface area contributed by atoms with Crippen LogP contribution < -0.4 is 4.74 Å². The molecular weight excluding hydrogens is 358 g/mol. The molecule has 1 saturated carbocycles. The van der Waals surface area contributed by atoms with E-state index in [9.17, 15) is 8.78 Å². The highest BCUT2D eigenvalue weighted by molar-refractivity contribution is 5.34. The zero-order valence-electron chi connectivity index (χ0n) is 17.3. The number of unbranched alkanes of at least 4 members (excludes halogenated alkanes) is 2. The van der Waals surface area contributed by atoms with Crippen LogP contribution in [0.5, 0.6) is 5.75 Å². The minimum absolute atomic E-state index is 0.0209. The minimum Gasteiger partial charge on any atom is -0.497 e. The first-order valence-corrected chi connectivity index (χ1v) is 11.1. The fraction of sp³-hybridized carbons (Fsp3) is 0.667. The summed E-state index contributed by atoms with van der Waals surface area (Å²) in [5.74, 6) is 0.604. The van der Waals surface area contributed by atoms with Gasteiger partial charge in [-0.15, -0.1) is 0 Å². The molecule has 1 aliphatic heterocycles. The van der Waals surface area contributed by atoms with E-state index < -0.39 is 11.6 Å². The Kier molecular flexibility index (Phi) is 7.75. The van der Waals surface area contributed by atoms with Gasteiger partial charge in [-0.2, -0.15) is 4.39 Å². The van der Waals surface area contributed by atoms with Crippen LogP contribution in [0.4, 0.5) is 8.78 Å². The molecule has 0 aromatic heterocycles. The van der Waals surface area contributed by atoms with Gasteiger partial charge in [0.2, 0.25) is 5.82 Å². The van der Waals surface area contributed by atoms with Crippen LogP contribution >= 0.6 is 0 Å². The van der Waals surface area contributed by atoms with E-state index in [1.807, 2.05) is 0 Å². The molecule has 28 heavy (non-hydrogen) atoms. The first kappa shape index (κ1) is 21.1. The maximum absolute atomic E-state index is 14.5. The summed E-state index contributed by atoms with van der Waals surface area (Å²) in [5, 5.41) is 0. The van der Waals surface area contributed by atoms with Gasteiger partial charge in [0.25, 0.3) is 0 Å². The molecule has 3 rings (SSSR count). The Hall–Kier alpha value is -1.58. The van der Waals surface area contributed by atoms with E-state index in [2.05, 4.69) is 13.0 Å². The summed E-state index contributed by atoms with van der Waals surface area (Å²) in [5.41, 5.74) is 0.385. The van der Waals surface area contributed by atoms with Crippen LogP contribution in [0.25, 0.3) is 0 Å². The quantitative estimate of drug-likeness (QED) is 0.438. The lowest BCUT2D eigenvalue weighted by atomic mass is 9.78. The summed E-state index contributed by atoms with van der Waals surface area (Å²) in [4.78, 5) is 0. The molecule has 0 N–H and O–H groups in total. The van der Waals surface area contributed by atoms with E-state index in [1.54, 1.807) is 13.0 Å². The molecule has 0 saturated heterocycles. The van der Waals surface area contributed by atoms with Crippen molar-refractivity contribution in [2.45, 2.75) is 77.6 Å². The number of ether oxygens (including phenoxy) is 2. The van der Waals surface area contributed by atoms with E-state index >= 15 is 0 Å². The molecule has 0 spiro atoms. The molecule has 1 unspecified atom stereocenters. The predicted octanol–water partition coefficient (Wildman–Crippen LogP) is 7.14. The Morgan fingerprint density at radius 1 is 1.00 bits per heavy atom. The van der Waals surface area contributed by atoms with E-state index in [-0.39, 0.29) is 11.7 Å². The number of allylic oxidation sites excluding steroid dienone is 2. The van der Waals surface area contributed by atoms with Crippen LogP contribution in [0.3, 0.4) is 0 Å². The molecule has 1 aromatic carbocycles. The fourth-order valence-corrected chi connectivity index (χ4v) is 4.63. The van der Waals surface area contributed by atoms with Crippen LogP contribution in [0.2, 0.25) is 0 Å². The second-order valence-corrected chi connectivity index (χ2v) is 8.28. The van der Waals surface area contributed by atoms with Crippen molar-refractivity contribution in [3.05, 3.63) is 41.2 Å². The van der Waals surface area contributed by atoms with Gasteiger partial charge in [-0.3, -0.25) is 0 Å². The third-order valence-electron chi connectivity index (χ3n) is 6.34. The van der Waals surface area contributed by atoms with E-state index in [0.29, 0.717) is 31.1 Å². The predicted molar refractivity (Wildman–Crippen MR) is 109 cm³/mol. The van der Waals surface area contributed by atoms with Gasteiger partial charge in [0.05, 0.1) is 19.0 Å². The summed E-state index contributed by atoms with van der Waals surface area (Å²) in [6.45, 7) is 4.75. The van der Waals surface area contributed by atoms with Gasteiger partial charge in [0.1, 0.15) is 0 Å². The third-order valence-corrected chi connectivity index (χ3v) is 6.34. The molecule has 1 heterocycles. The van der Waals surface area contributed by atoms with Crippen molar-refractivity contribution in [1.82, 2.24) is 0 Å². The smallest absolute Gasteiger partial charge is 0.200 e. The Balaban J connectivity index is 1.54. The summed E-state index contributed by atoms with van der Waals surface area (Å²) < 4.78 is 39.8. The van der Waals surface area contributed by atoms with Gasteiger partial charge in [-0.25, -0.2) is 4.39 Å². The van der Waals surface area contributed by atoms with Gasteiger partial charge in [-0.05, 0) is 62.7 Å². The molecule has 1 atom stereocenters. The number of hydrogen-bond acceptors (Lipinski definition) is 2. The lowest BCUT2D eigenvalue weighted by Gasteiger charge is -2.33. The van der Waals surface area contributed by atoms with Crippen molar-refractivity contribution in [2.75, 3.05) is 13.2 Å². The van der Waals surface area contributed by atoms with Crippen molar-refractivity contribution >= 4 is 0 Å². The highest BCUT2D eigenvalue weighted by Gasteiger charge is 2.29. The molecule has 1 aliphatic carbocycles. The van der Waals surface area contributed by atoms with Crippen LogP contribution in [-0.4, -0.2) is 13.2 Å². The molecule has 4 heteroatoms. The molecule has 2 nitrogen and oxygen atoms in total. The fourth-order valence-electron chi connectivity index (χ4n) is 4.63. The highest BCUT2D eigenvalue weighted by Crippen LogP contribution is 2.39. The molecule has 0 bridgehead atoms. The normalized spacial score (nSPS) is 25.1. The Labute approximate surface area is 168 Å². The number of benzene rings is 1. The highest BCUT2D eigenvalue weighted by atomic mass is 19.2. The van der Waals surface area contributed by atoms with E-state index in [0.717, 1.165) is 11.7 Å². The van der Waals surface area contributed by atoms with Crippen LogP contribution in [0, 0.1) is 23.5 Å². The van der Waals surface area contributed by atoms with Gasteiger partial charge in [-0.1, -0.05) is 38.7 Å². The van der Waals surface area contributed by atoms with Crippen LogP contribution in [0.1, 0.15) is 83.1 Å². The van der Waals surface area contributed by atoms with E-state index in [4.69, 9.17) is 9.47 Å². The first-order valence-electron chi connectivity index (χ1n) is 11.1. The average Bonchev–Trinajstić information content (AvgIpc) is 2.73. The van der Waals surface area contributed by atoms with Gasteiger partial charge in [0, 0.05) is 11.8 Å². The van der Waals surface area contributed by atoms with Crippen molar-refractivity contribution in [1.29, 1.82) is 0 Å². The maximum Gasteiger partial charge on any atom is 0.200 e. The van der Waals surface area contributed by atoms with Crippen molar-refractivity contribution < 1.29 is 18.3 Å². The lowest BCUT2D eigenvalue weighted by Crippen LogP contribution is -2.22. The third kappa shape index (κ3) is 5.07. The monoisotopic (exact) mass is 392 g/mol. The number of hydrogen-bond donors (Lipinski definition) is 0. The maximum atomic E-state index is 14.5. The Morgan fingerprint density at radius 3 is 2.43 bits per heavy atom. The SMILES string of the molecule is CCCCCC1CCC(C2=CCC(c3ccc(OCC)c(F)c3F)CO2)CC1. The molecule has 0 radical (unpaired) electrons. The Bertz CT molecular complexity index is 663. The van der Waals surface area contributed by atoms with E-state index in [1.165, 1.54) is 57.4 Å². The standard InChI is InChI=1S/C24H34F2O2/c1-3-5-6-7-17-8-10-18(11-9-17)21-14-12-19(16-28-21)20-13-15-22(27-4-2)24(26)23(20)25/h13-15,17-19H,3-12,16H2,1-2H3. The largest absolute Gasteiger partial charge is 0.497 e. The molecular formula is C24H34F2O2. The second kappa shape index (κ2) is 10.3. The average molecular weight is 393 g/mol. The van der Waals surface area contributed by atoms with Crippen LogP contribution in [0.15, 0.2) is 24.0 Å². The zero-order valence-corrected chi connectivity index (χ0v) is 17.3. The van der Waals surface area contributed by atoms with Gasteiger partial charge >= 0.3 is 0 Å². The summed E-state index contributed by atoms with van der Waals surface area (Å²) in [7, 11) is 0. The van der Waals surface area contributed by atoms with Gasteiger partial charge < -0.3 is 9.47 Å². The molecule has 1 fully saturated rings. The molecule has 0 amide bonds. The molecule has 1 aromatic rings. The second-order valence-electron chi connectivity index (χ2n) is 8.28. The molecule has 156 valence electrons. The topological polar surface area (TPSA) is 18.5 Å². The number of rotatable bonds is 8. The molecule has 2 aliphatic rings. The summed E-state index contributed by atoms with van der Waals surface area (Å²) >= 11 is 0. The first-order chi connectivity index (χ1) is 13.6. The zero-order chi connectivity index (χ0) is 19.9. The van der Waals surface area contributed by atoms with Crippen molar-refractivity contribution in [2.24, 2.45) is 11.8 Å². The van der Waals surface area contributed by atoms with Gasteiger partial charge in [0.15, 0.2) is 11.6 Å². The summed E-state index contributed by atoms with van der Waals surface area (Å²) in [6.07, 6.45) is 13.1. The lowest BCUT2D eigenvalue weighted by molar-refractivity contribution is 0.121. The van der Waals surface area contributed by atoms with Crippen molar-refractivity contribution in [3.8, 4) is 5.75 Å².